The fourth-order valence-electron chi connectivity index (χ4n) is 1.65. The Morgan fingerprint density at radius 2 is 2.00 bits per heavy atom. The van der Waals surface area contributed by atoms with E-state index in [-0.39, 0.29) is 0 Å². The minimum atomic E-state index is -0.795. The molecule has 1 saturated carbocycles. The average Bonchev–Trinajstić information content (AvgIpc) is 2.84. The summed E-state index contributed by atoms with van der Waals surface area (Å²) in [6.45, 7) is 5.61. The van der Waals surface area contributed by atoms with Crippen LogP contribution >= 0.6 is 0 Å². The van der Waals surface area contributed by atoms with Crippen LogP contribution in [0.25, 0.3) is 0 Å². The third-order valence-corrected chi connectivity index (χ3v) is 3.44. The van der Waals surface area contributed by atoms with Crippen LogP contribution in [0.1, 0.15) is 40.0 Å². The molecule has 0 aliphatic heterocycles. The first-order valence-corrected chi connectivity index (χ1v) is 4.61. The highest BCUT2D eigenvalue weighted by molar-refractivity contribution is 5.11. The molecule has 0 aromatic carbocycles. The number of hydrogen-bond acceptors (Lipinski definition) is 2. The number of hydrogen-bond donors (Lipinski definition) is 1. The summed E-state index contributed by atoms with van der Waals surface area (Å²) >= 11 is 0. The molecule has 1 rings (SSSR count). The Balaban J connectivity index is 2.84. The molecule has 0 aromatic rings. The Labute approximate surface area is 74.2 Å². The van der Waals surface area contributed by atoms with E-state index in [1.165, 1.54) is 0 Å². The van der Waals surface area contributed by atoms with Gasteiger partial charge in [0.15, 0.2) is 0 Å². The van der Waals surface area contributed by atoms with Crippen molar-refractivity contribution in [1.29, 1.82) is 5.26 Å². The summed E-state index contributed by atoms with van der Waals surface area (Å²) in [5.74, 6) is 0.349. The van der Waals surface area contributed by atoms with Crippen molar-refractivity contribution in [3.8, 4) is 6.07 Å². The number of nitrogens with zero attached hydrogens (tertiary/aromatic N) is 1. The lowest BCUT2D eigenvalue weighted by Gasteiger charge is -2.37. The Bertz CT molecular complexity index is 212. The lowest BCUT2D eigenvalue weighted by Crippen LogP contribution is -2.44. The standard InChI is InChI=1S/C10H17NO/c1-4-9(2,7-11)10(3,12)8-5-6-8/h8,12H,4-6H2,1-3H3. The van der Waals surface area contributed by atoms with E-state index < -0.39 is 11.0 Å². The Hall–Kier alpha value is -0.550. The van der Waals surface area contributed by atoms with Crippen molar-refractivity contribution in [2.45, 2.75) is 45.6 Å². The zero-order valence-electron chi connectivity index (χ0n) is 8.09. The molecule has 0 spiro atoms. The molecule has 1 N–H and O–H groups in total. The van der Waals surface area contributed by atoms with E-state index in [4.69, 9.17) is 5.26 Å². The van der Waals surface area contributed by atoms with Gasteiger partial charge in [0.05, 0.1) is 17.1 Å². The van der Waals surface area contributed by atoms with Gasteiger partial charge in [-0.25, -0.2) is 0 Å². The maximum absolute atomic E-state index is 10.2. The van der Waals surface area contributed by atoms with E-state index in [1.807, 2.05) is 13.8 Å². The molecule has 1 aliphatic carbocycles. The first-order valence-electron chi connectivity index (χ1n) is 4.61. The number of aliphatic hydroxyl groups is 1. The predicted molar refractivity (Wildman–Crippen MR) is 47.4 cm³/mol. The lowest BCUT2D eigenvalue weighted by molar-refractivity contribution is -0.0516. The van der Waals surface area contributed by atoms with Crippen molar-refractivity contribution in [2.75, 3.05) is 0 Å². The van der Waals surface area contributed by atoms with E-state index in [9.17, 15) is 5.11 Å². The molecule has 2 nitrogen and oxygen atoms in total. The van der Waals surface area contributed by atoms with Gasteiger partial charge in [0.2, 0.25) is 0 Å². The van der Waals surface area contributed by atoms with Crippen LogP contribution in [0.2, 0.25) is 0 Å². The maximum atomic E-state index is 10.2. The second-order valence-electron chi connectivity index (χ2n) is 4.22. The summed E-state index contributed by atoms with van der Waals surface area (Å²) in [6.07, 6.45) is 2.86. The van der Waals surface area contributed by atoms with E-state index in [1.54, 1.807) is 6.92 Å². The van der Waals surface area contributed by atoms with Crippen LogP contribution < -0.4 is 0 Å². The Kier molecular flexibility index (Phi) is 2.18. The summed E-state index contributed by atoms with van der Waals surface area (Å²) in [5.41, 5.74) is -1.37. The lowest BCUT2D eigenvalue weighted by atomic mass is 9.71. The Morgan fingerprint density at radius 1 is 1.50 bits per heavy atom. The van der Waals surface area contributed by atoms with Gasteiger partial charge in [0.1, 0.15) is 0 Å². The third kappa shape index (κ3) is 1.23. The molecular formula is C10H17NO. The van der Waals surface area contributed by atoms with Crippen molar-refractivity contribution in [3.05, 3.63) is 0 Å². The summed E-state index contributed by atoms with van der Waals surface area (Å²) < 4.78 is 0. The van der Waals surface area contributed by atoms with Crippen LogP contribution in [-0.4, -0.2) is 10.7 Å². The van der Waals surface area contributed by atoms with E-state index in [0.29, 0.717) is 12.3 Å². The second kappa shape index (κ2) is 2.74. The molecule has 0 heterocycles. The predicted octanol–water partition coefficient (Wildman–Crippen LogP) is 2.09. The fraction of sp³-hybridized carbons (Fsp3) is 0.900. The van der Waals surface area contributed by atoms with Gasteiger partial charge in [-0.3, -0.25) is 0 Å². The van der Waals surface area contributed by atoms with Crippen molar-refractivity contribution < 1.29 is 5.11 Å². The molecule has 0 saturated heterocycles. The van der Waals surface area contributed by atoms with E-state index in [0.717, 1.165) is 12.8 Å². The SMILES string of the molecule is CCC(C)(C#N)C(C)(O)C1CC1. The second-order valence-corrected chi connectivity index (χ2v) is 4.22. The van der Waals surface area contributed by atoms with Gasteiger partial charge in [-0.15, -0.1) is 0 Å². The summed E-state index contributed by atoms with van der Waals surface area (Å²) in [5, 5.41) is 19.1. The van der Waals surface area contributed by atoms with Crippen LogP contribution in [-0.2, 0) is 0 Å². The van der Waals surface area contributed by atoms with Crippen molar-refractivity contribution in [3.63, 3.8) is 0 Å². The third-order valence-electron chi connectivity index (χ3n) is 3.44. The normalized spacial score (nSPS) is 26.9. The minimum absolute atomic E-state index is 0.349. The molecule has 12 heavy (non-hydrogen) atoms. The summed E-state index contributed by atoms with van der Waals surface area (Å²) in [6, 6.07) is 2.24. The van der Waals surface area contributed by atoms with Crippen LogP contribution in [0, 0.1) is 22.7 Å². The number of rotatable bonds is 3. The number of nitriles is 1. The summed E-state index contributed by atoms with van der Waals surface area (Å²) in [7, 11) is 0. The zero-order chi connectivity index (χ0) is 9.41. The first-order chi connectivity index (χ1) is 5.48. The van der Waals surface area contributed by atoms with E-state index >= 15 is 0 Å². The van der Waals surface area contributed by atoms with Gasteiger partial charge in [-0.2, -0.15) is 5.26 Å². The first kappa shape index (κ1) is 9.54. The highest BCUT2D eigenvalue weighted by Gasteiger charge is 2.51. The molecule has 0 bridgehead atoms. The van der Waals surface area contributed by atoms with Gasteiger partial charge in [-0.05, 0) is 39.0 Å². The quantitative estimate of drug-likeness (QED) is 0.699. The van der Waals surface area contributed by atoms with Gasteiger partial charge >= 0.3 is 0 Å². The average molecular weight is 167 g/mol. The topological polar surface area (TPSA) is 44.0 Å². The molecule has 1 fully saturated rings. The molecule has 1 aliphatic rings. The molecule has 68 valence electrons. The molecule has 0 radical (unpaired) electrons. The highest BCUT2D eigenvalue weighted by Crippen LogP contribution is 2.49. The van der Waals surface area contributed by atoms with Crippen molar-refractivity contribution in [1.82, 2.24) is 0 Å². The monoisotopic (exact) mass is 167 g/mol. The van der Waals surface area contributed by atoms with Gasteiger partial charge in [-0.1, -0.05) is 6.92 Å². The smallest absolute Gasteiger partial charge is 0.0830 e. The van der Waals surface area contributed by atoms with Crippen LogP contribution in [0.3, 0.4) is 0 Å². The van der Waals surface area contributed by atoms with Gasteiger partial charge < -0.3 is 5.11 Å². The van der Waals surface area contributed by atoms with Crippen LogP contribution in [0.15, 0.2) is 0 Å². The largest absolute Gasteiger partial charge is 0.388 e. The zero-order valence-corrected chi connectivity index (χ0v) is 8.09. The molecular weight excluding hydrogens is 150 g/mol. The van der Waals surface area contributed by atoms with Gasteiger partial charge in [0, 0.05) is 0 Å². The van der Waals surface area contributed by atoms with Crippen LogP contribution in [0.5, 0.6) is 0 Å². The summed E-state index contributed by atoms with van der Waals surface area (Å²) in [4.78, 5) is 0. The maximum Gasteiger partial charge on any atom is 0.0830 e. The van der Waals surface area contributed by atoms with E-state index in [2.05, 4.69) is 6.07 Å². The molecule has 0 amide bonds. The van der Waals surface area contributed by atoms with Crippen molar-refractivity contribution in [2.24, 2.45) is 11.3 Å². The van der Waals surface area contributed by atoms with Crippen molar-refractivity contribution >= 4 is 0 Å². The Morgan fingerprint density at radius 3 is 2.25 bits per heavy atom. The highest BCUT2D eigenvalue weighted by atomic mass is 16.3. The molecule has 2 atom stereocenters. The molecule has 0 aromatic heterocycles. The molecule has 2 unspecified atom stereocenters. The van der Waals surface area contributed by atoms with Gasteiger partial charge in [0.25, 0.3) is 0 Å². The van der Waals surface area contributed by atoms with Crippen LogP contribution in [0.4, 0.5) is 0 Å². The molecule has 2 heteroatoms. The fourth-order valence-corrected chi connectivity index (χ4v) is 1.65. The minimum Gasteiger partial charge on any atom is -0.388 e.